The minimum atomic E-state index is -4.92. The third kappa shape index (κ3) is 3.88. The Morgan fingerprint density at radius 1 is 1.00 bits per heavy atom. The Bertz CT molecular complexity index is 772. The van der Waals surface area contributed by atoms with E-state index in [4.69, 9.17) is 27.9 Å². The quantitative estimate of drug-likeness (QED) is 0.545. The van der Waals surface area contributed by atoms with Gasteiger partial charge in [0.2, 0.25) is 6.41 Å². The number of hydrogen-bond donors (Lipinski definition) is 1. The number of carbonyl (C=O) groups is 1. The Hall–Kier alpha value is -2.06. The zero-order valence-electron chi connectivity index (χ0n) is 11.3. The molecule has 0 saturated heterocycles. The number of halogens is 7. The van der Waals surface area contributed by atoms with E-state index in [1.54, 1.807) is 0 Å². The van der Waals surface area contributed by atoms with Crippen LogP contribution >= 0.6 is 23.2 Å². The van der Waals surface area contributed by atoms with E-state index in [0.717, 1.165) is 12.1 Å². The second-order valence-corrected chi connectivity index (χ2v) is 5.21. The van der Waals surface area contributed by atoms with Crippen LogP contribution in [0.2, 0.25) is 10.0 Å². The number of anilines is 1. The summed E-state index contributed by atoms with van der Waals surface area (Å²) in [5.74, 6) is -4.56. The highest BCUT2D eigenvalue weighted by Crippen LogP contribution is 2.40. The van der Waals surface area contributed by atoms with Crippen molar-refractivity contribution in [1.82, 2.24) is 0 Å². The molecule has 2 rings (SSSR count). The number of rotatable bonds is 4. The molecule has 0 radical (unpaired) electrons. The molecule has 0 spiro atoms. The van der Waals surface area contributed by atoms with Crippen molar-refractivity contribution in [1.29, 1.82) is 0 Å². The lowest BCUT2D eigenvalue weighted by molar-refractivity contribution is -0.138. The lowest BCUT2D eigenvalue weighted by Crippen LogP contribution is -2.07. The van der Waals surface area contributed by atoms with Gasteiger partial charge in [0.1, 0.15) is 0 Å². The molecular weight excluding hydrogens is 380 g/mol. The number of benzene rings is 2. The molecule has 0 bridgehead atoms. The maximum Gasteiger partial charge on any atom is 0.416 e. The first-order valence-corrected chi connectivity index (χ1v) is 6.82. The molecule has 0 atom stereocenters. The van der Waals surface area contributed by atoms with Crippen molar-refractivity contribution in [2.45, 2.75) is 6.18 Å². The van der Waals surface area contributed by atoms with E-state index in [-0.39, 0.29) is 40.0 Å². The molecule has 128 valence electrons. The SMILES string of the molecule is O=CNc1cc(Cl)c(Cl)cc1Oc1c(F)cc(C(F)(F)F)cc1F. The summed E-state index contributed by atoms with van der Waals surface area (Å²) in [6, 6.07) is 2.37. The van der Waals surface area contributed by atoms with Gasteiger partial charge >= 0.3 is 6.18 Å². The number of alkyl halides is 3. The van der Waals surface area contributed by atoms with E-state index < -0.39 is 29.1 Å². The third-order valence-electron chi connectivity index (χ3n) is 2.77. The molecular formula is C14H6Cl2F5NO2. The Balaban J connectivity index is 2.49. The Kier molecular flexibility index (Phi) is 5.19. The molecule has 3 nitrogen and oxygen atoms in total. The topological polar surface area (TPSA) is 38.3 Å². The smallest absolute Gasteiger partial charge is 0.416 e. The molecule has 10 heteroatoms. The van der Waals surface area contributed by atoms with Gasteiger partial charge in [-0.05, 0) is 18.2 Å². The summed E-state index contributed by atoms with van der Waals surface area (Å²) in [6.07, 6.45) is -4.68. The Morgan fingerprint density at radius 2 is 1.54 bits per heavy atom. The molecule has 0 aliphatic rings. The van der Waals surface area contributed by atoms with Gasteiger partial charge in [0.15, 0.2) is 23.1 Å². The highest BCUT2D eigenvalue weighted by molar-refractivity contribution is 6.42. The van der Waals surface area contributed by atoms with Crippen LogP contribution in [0.3, 0.4) is 0 Å². The Morgan fingerprint density at radius 3 is 2.04 bits per heavy atom. The Labute approximate surface area is 141 Å². The number of ether oxygens (including phenoxy) is 1. The second-order valence-electron chi connectivity index (χ2n) is 4.39. The van der Waals surface area contributed by atoms with Gasteiger partial charge in [-0.1, -0.05) is 23.2 Å². The summed E-state index contributed by atoms with van der Waals surface area (Å²) in [5, 5.41) is 2.12. The standard InChI is InChI=1S/C14H6Cl2F5NO2/c15-7-3-11(22-5-23)12(4-8(7)16)24-13-9(17)1-6(2-10(13)18)14(19,20)21/h1-5H,(H,22,23). The minimum Gasteiger partial charge on any atom is -0.449 e. The minimum absolute atomic E-state index is 0.0155. The molecule has 2 aromatic rings. The van der Waals surface area contributed by atoms with E-state index in [1.165, 1.54) is 0 Å². The van der Waals surface area contributed by atoms with Gasteiger partial charge in [-0.3, -0.25) is 4.79 Å². The summed E-state index contributed by atoms with van der Waals surface area (Å²) < 4.78 is 70.1. The highest BCUT2D eigenvalue weighted by Gasteiger charge is 2.33. The molecule has 0 fully saturated rings. The van der Waals surface area contributed by atoms with Crippen LogP contribution in [0.4, 0.5) is 27.6 Å². The molecule has 1 amide bonds. The van der Waals surface area contributed by atoms with E-state index in [1.807, 2.05) is 0 Å². The number of amides is 1. The average molecular weight is 386 g/mol. The summed E-state index contributed by atoms with van der Waals surface area (Å²) in [5.41, 5.74) is -1.59. The van der Waals surface area contributed by atoms with Crippen molar-refractivity contribution in [3.63, 3.8) is 0 Å². The van der Waals surface area contributed by atoms with Crippen LogP contribution < -0.4 is 10.1 Å². The first kappa shape index (κ1) is 18.3. The lowest BCUT2D eigenvalue weighted by atomic mass is 10.2. The fourth-order valence-corrected chi connectivity index (χ4v) is 2.04. The molecule has 0 aliphatic carbocycles. The number of hydrogen-bond acceptors (Lipinski definition) is 2. The molecule has 1 N–H and O–H groups in total. The summed E-state index contributed by atoms with van der Waals surface area (Å²) >= 11 is 11.5. The summed E-state index contributed by atoms with van der Waals surface area (Å²) in [6.45, 7) is 0. The molecule has 0 heterocycles. The van der Waals surface area contributed by atoms with E-state index >= 15 is 0 Å². The van der Waals surface area contributed by atoms with E-state index in [0.29, 0.717) is 0 Å². The van der Waals surface area contributed by atoms with Crippen LogP contribution in [0.25, 0.3) is 0 Å². The average Bonchev–Trinajstić information content (AvgIpc) is 2.46. The zero-order chi connectivity index (χ0) is 18.1. The number of carbonyl (C=O) groups excluding carboxylic acids is 1. The fraction of sp³-hybridized carbons (Fsp3) is 0.0714. The predicted octanol–water partition coefficient (Wildman–Crippen LogP) is 5.65. The molecule has 0 unspecified atom stereocenters. The van der Waals surface area contributed by atoms with Crippen LogP contribution in [0.15, 0.2) is 24.3 Å². The van der Waals surface area contributed by atoms with Gasteiger partial charge in [-0.25, -0.2) is 8.78 Å². The van der Waals surface area contributed by atoms with Crippen molar-refractivity contribution >= 4 is 35.3 Å². The zero-order valence-corrected chi connectivity index (χ0v) is 12.9. The van der Waals surface area contributed by atoms with Crippen LogP contribution in [-0.2, 0) is 11.0 Å². The van der Waals surface area contributed by atoms with Crippen LogP contribution in [0.1, 0.15) is 5.56 Å². The monoisotopic (exact) mass is 385 g/mol. The summed E-state index contributed by atoms with van der Waals surface area (Å²) in [7, 11) is 0. The fourth-order valence-electron chi connectivity index (χ4n) is 1.72. The van der Waals surface area contributed by atoms with Gasteiger partial charge in [-0.15, -0.1) is 0 Å². The van der Waals surface area contributed by atoms with Crippen molar-refractivity contribution in [2.75, 3.05) is 5.32 Å². The van der Waals surface area contributed by atoms with E-state index in [9.17, 15) is 26.7 Å². The van der Waals surface area contributed by atoms with Crippen molar-refractivity contribution in [3.05, 3.63) is 51.5 Å². The van der Waals surface area contributed by atoms with Gasteiger partial charge in [0, 0.05) is 6.07 Å². The third-order valence-corrected chi connectivity index (χ3v) is 3.50. The van der Waals surface area contributed by atoms with Gasteiger partial charge in [-0.2, -0.15) is 13.2 Å². The largest absolute Gasteiger partial charge is 0.449 e. The predicted molar refractivity (Wildman–Crippen MR) is 77.6 cm³/mol. The molecule has 24 heavy (non-hydrogen) atoms. The van der Waals surface area contributed by atoms with Crippen molar-refractivity contribution < 1.29 is 31.5 Å². The van der Waals surface area contributed by atoms with Gasteiger partial charge in [0.05, 0.1) is 21.3 Å². The van der Waals surface area contributed by atoms with Crippen LogP contribution in [0.5, 0.6) is 11.5 Å². The molecule has 0 saturated carbocycles. The van der Waals surface area contributed by atoms with Gasteiger partial charge < -0.3 is 10.1 Å². The van der Waals surface area contributed by atoms with Gasteiger partial charge in [0.25, 0.3) is 0 Å². The highest BCUT2D eigenvalue weighted by atomic mass is 35.5. The van der Waals surface area contributed by atoms with E-state index in [2.05, 4.69) is 5.32 Å². The second kappa shape index (κ2) is 6.82. The van der Waals surface area contributed by atoms with Crippen LogP contribution in [-0.4, -0.2) is 6.41 Å². The normalized spacial score (nSPS) is 11.3. The first-order chi connectivity index (χ1) is 11.1. The maximum absolute atomic E-state index is 13.8. The maximum atomic E-state index is 13.8. The van der Waals surface area contributed by atoms with Crippen molar-refractivity contribution in [2.24, 2.45) is 0 Å². The molecule has 0 aromatic heterocycles. The van der Waals surface area contributed by atoms with Crippen LogP contribution in [0, 0.1) is 11.6 Å². The lowest BCUT2D eigenvalue weighted by Gasteiger charge is -2.14. The molecule has 0 aliphatic heterocycles. The summed E-state index contributed by atoms with van der Waals surface area (Å²) in [4.78, 5) is 10.5. The number of nitrogens with one attached hydrogen (secondary N) is 1. The first-order valence-electron chi connectivity index (χ1n) is 6.06. The molecule has 2 aromatic carbocycles. The van der Waals surface area contributed by atoms with Crippen molar-refractivity contribution in [3.8, 4) is 11.5 Å².